The number of piperidine rings is 1. The number of sulfonamides is 1. The molecular formula is C20H27N5O2S. The highest BCUT2D eigenvalue weighted by Gasteiger charge is 2.27. The Kier molecular flexibility index (Phi) is 7.00. The van der Waals surface area contributed by atoms with Crippen molar-refractivity contribution in [1.29, 1.82) is 0 Å². The minimum Gasteiger partial charge on any atom is -0.352 e. The Morgan fingerprint density at radius 2 is 1.75 bits per heavy atom. The molecular weight excluding hydrogens is 374 g/mol. The van der Waals surface area contributed by atoms with Gasteiger partial charge < -0.3 is 10.6 Å². The second-order valence-corrected chi connectivity index (χ2v) is 8.58. The third-order valence-corrected chi connectivity index (χ3v) is 6.74. The van der Waals surface area contributed by atoms with Gasteiger partial charge in [0, 0.05) is 32.9 Å². The van der Waals surface area contributed by atoms with Crippen molar-refractivity contribution < 1.29 is 8.42 Å². The van der Waals surface area contributed by atoms with Crippen molar-refractivity contribution in [1.82, 2.24) is 19.9 Å². The van der Waals surface area contributed by atoms with Crippen molar-refractivity contribution in [2.24, 2.45) is 4.99 Å². The average molecular weight is 402 g/mol. The highest BCUT2D eigenvalue weighted by Crippen LogP contribution is 2.23. The summed E-state index contributed by atoms with van der Waals surface area (Å²) in [5.41, 5.74) is 1.63. The van der Waals surface area contributed by atoms with Crippen LogP contribution in [0.25, 0.3) is 0 Å². The fraction of sp³-hybridized carbons (Fsp3) is 0.400. The molecule has 0 unspecified atom stereocenters. The average Bonchev–Trinajstić information content (AvgIpc) is 2.75. The molecule has 1 fully saturated rings. The van der Waals surface area contributed by atoms with Gasteiger partial charge in [-0.1, -0.05) is 30.7 Å². The topological polar surface area (TPSA) is 86.7 Å². The monoisotopic (exact) mass is 401 g/mol. The number of rotatable bonds is 6. The molecule has 2 heterocycles. The van der Waals surface area contributed by atoms with Gasteiger partial charge >= 0.3 is 0 Å². The van der Waals surface area contributed by atoms with Gasteiger partial charge in [0.25, 0.3) is 0 Å². The van der Waals surface area contributed by atoms with E-state index in [1.165, 1.54) is 0 Å². The van der Waals surface area contributed by atoms with Gasteiger partial charge in [-0.25, -0.2) is 8.42 Å². The van der Waals surface area contributed by atoms with Crippen LogP contribution in [-0.2, 0) is 23.1 Å². The predicted molar refractivity (Wildman–Crippen MR) is 110 cm³/mol. The minimum atomic E-state index is -3.48. The smallest absolute Gasteiger partial charge is 0.243 e. The van der Waals surface area contributed by atoms with Crippen LogP contribution in [0.3, 0.4) is 0 Å². The van der Waals surface area contributed by atoms with Crippen LogP contribution in [-0.4, -0.2) is 43.8 Å². The van der Waals surface area contributed by atoms with E-state index in [4.69, 9.17) is 0 Å². The van der Waals surface area contributed by atoms with Crippen molar-refractivity contribution in [3.63, 3.8) is 0 Å². The molecule has 0 amide bonds. The van der Waals surface area contributed by atoms with E-state index >= 15 is 0 Å². The Balaban J connectivity index is 1.67. The molecule has 8 heteroatoms. The molecule has 0 saturated carbocycles. The molecule has 0 bridgehead atoms. The summed E-state index contributed by atoms with van der Waals surface area (Å²) in [6.07, 6.45) is 4.68. The maximum absolute atomic E-state index is 13.1. The van der Waals surface area contributed by atoms with Crippen LogP contribution < -0.4 is 10.6 Å². The number of benzene rings is 1. The maximum atomic E-state index is 13.1. The first-order chi connectivity index (χ1) is 13.6. The summed E-state index contributed by atoms with van der Waals surface area (Å²) in [7, 11) is -1.79. The van der Waals surface area contributed by atoms with Crippen molar-refractivity contribution in [2.75, 3.05) is 20.1 Å². The third kappa shape index (κ3) is 5.08. The van der Waals surface area contributed by atoms with Gasteiger partial charge in [-0.15, -0.1) is 0 Å². The Bertz CT molecular complexity index is 894. The second kappa shape index (κ2) is 9.66. The van der Waals surface area contributed by atoms with Gasteiger partial charge in [-0.05, 0) is 36.6 Å². The molecule has 1 aromatic heterocycles. The van der Waals surface area contributed by atoms with Gasteiger partial charge in [0.05, 0.1) is 17.1 Å². The van der Waals surface area contributed by atoms with E-state index in [9.17, 15) is 8.42 Å². The van der Waals surface area contributed by atoms with Gasteiger partial charge in [0.2, 0.25) is 10.0 Å². The zero-order valence-electron chi connectivity index (χ0n) is 16.1. The Hall–Kier alpha value is -2.45. The molecule has 150 valence electrons. The van der Waals surface area contributed by atoms with Crippen LogP contribution in [0.1, 0.15) is 30.5 Å². The SMILES string of the molecule is CN=C(NCc1ccccn1)NCc1ccccc1S(=O)(=O)N1CCCCC1. The first-order valence-electron chi connectivity index (χ1n) is 9.54. The maximum Gasteiger partial charge on any atom is 0.243 e. The van der Waals surface area contributed by atoms with Crippen LogP contribution in [0.4, 0.5) is 0 Å². The first-order valence-corrected chi connectivity index (χ1v) is 11.0. The van der Waals surface area contributed by atoms with Gasteiger partial charge in [-0.3, -0.25) is 9.98 Å². The standard InChI is InChI=1S/C20H27N5O2S/c1-21-20(24-16-18-10-5-6-12-22-18)23-15-17-9-3-4-11-19(17)28(26,27)25-13-7-2-8-14-25/h3-6,9-12H,2,7-8,13-16H2,1H3,(H2,21,23,24). The number of aliphatic imine (C=N–C) groups is 1. The molecule has 2 aromatic rings. The lowest BCUT2D eigenvalue weighted by atomic mass is 10.2. The number of aromatic nitrogens is 1. The van der Waals surface area contributed by atoms with E-state index in [2.05, 4.69) is 20.6 Å². The Labute approximate surface area is 167 Å². The van der Waals surface area contributed by atoms with Crippen LogP contribution in [0.2, 0.25) is 0 Å². The van der Waals surface area contributed by atoms with E-state index in [0.29, 0.717) is 37.0 Å². The van der Waals surface area contributed by atoms with Gasteiger partial charge in [0.15, 0.2) is 5.96 Å². The molecule has 3 rings (SSSR count). The van der Waals surface area contributed by atoms with Crippen LogP contribution in [0.15, 0.2) is 58.5 Å². The lowest BCUT2D eigenvalue weighted by Gasteiger charge is -2.27. The highest BCUT2D eigenvalue weighted by molar-refractivity contribution is 7.89. The van der Waals surface area contributed by atoms with E-state index in [1.807, 2.05) is 30.3 Å². The Morgan fingerprint density at radius 1 is 1.04 bits per heavy atom. The molecule has 0 aliphatic carbocycles. The summed E-state index contributed by atoms with van der Waals surface area (Å²) in [5.74, 6) is 0.593. The lowest BCUT2D eigenvalue weighted by molar-refractivity contribution is 0.346. The van der Waals surface area contributed by atoms with E-state index in [1.54, 1.807) is 29.7 Å². The summed E-state index contributed by atoms with van der Waals surface area (Å²) in [4.78, 5) is 8.84. The number of hydrogen-bond acceptors (Lipinski definition) is 4. The van der Waals surface area contributed by atoms with Crippen molar-refractivity contribution >= 4 is 16.0 Å². The fourth-order valence-corrected chi connectivity index (χ4v) is 4.96. The zero-order chi connectivity index (χ0) is 19.8. The molecule has 28 heavy (non-hydrogen) atoms. The minimum absolute atomic E-state index is 0.365. The normalized spacial score (nSPS) is 16.0. The molecule has 1 aliphatic rings. The van der Waals surface area contributed by atoms with E-state index in [0.717, 1.165) is 30.5 Å². The molecule has 0 radical (unpaired) electrons. The third-order valence-electron chi connectivity index (χ3n) is 4.74. The number of hydrogen-bond donors (Lipinski definition) is 2. The van der Waals surface area contributed by atoms with Crippen molar-refractivity contribution in [2.45, 2.75) is 37.2 Å². The predicted octanol–water partition coefficient (Wildman–Crippen LogP) is 2.12. The summed E-state index contributed by atoms with van der Waals surface area (Å²) in [5, 5.41) is 6.39. The summed E-state index contributed by atoms with van der Waals surface area (Å²) >= 11 is 0. The van der Waals surface area contributed by atoms with Crippen LogP contribution in [0.5, 0.6) is 0 Å². The van der Waals surface area contributed by atoms with Gasteiger partial charge in [-0.2, -0.15) is 4.31 Å². The summed E-state index contributed by atoms with van der Waals surface area (Å²) in [6, 6.07) is 12.9. The molecule has 2 N–H and O–H groups in total. The van der Waals surface area contributed by atoms with Crippen molar-refractivity contribution in [3.05, 3.63) is 59.9 Å². The largest absolute Gasteiger partial charge is 0.352 e. The van der Waals surface area contributed by atoms with Crippen LogP contribution >= 0.6 is 0 Å². The van der Waals surface area contributed by atoms with Crippen LogP contribution in [0, 0.1) is 0 Å². The highest BCUT2D eigenvalue weighted by atomic mass is 32.2. The quantitative estimate of drug-likeness (QED) is 0.572. The Morgan fingerprint density at radius 3 is 2.46 bits per heavy atom. The number of nitrogens with one attached hydrogen (secondary N) is 2. The summed E-state index contributed by atoms with van der Waals surface area (Å²) in [6.45, 7) is 2.09. The molecule has 7 nitrogen and oxygen atoms in total. The molecule has 1 aliphatic heterocycles. The van der Waals surface area contributed by atoms with Crippen molar-refractivity contribution in [3.8, 4) is 0 Å². The molecule has 0 atom stereocenters. The summed E-state index contributed by atoms with van der Waals surface area (Å²) < 4.78 is 27.8. The molecule has 1 saturated heterocycles. The zero-order valence-corrected chi connectivity index (χ0v) is 17.0. The number of nitrogens with zero attached hydrogens (tertiary/aromatic N) is 3. The molecule has 0 spiro atoms. The van der Waals surface area contributed by atoms with Gasteiger partial charge in [0.1, 0.15) is 0 Å². The number of pyridine rings is 1. The number of guanidine groups is 1. The first kappa shape index (κ1) is 20.3. The van der Waals surface area contributed by atoms with E-state index < -0.39 is 10.0 Å². The molecule has 1 aromatic carbocycles. The van der Waals surface area contributed by atoms with E-state index in [-0.39, 0.29) is 0 Å². The lowest BCUT2D eigenvalue weighted by Crippen LogP contribution is -2.38. The fourth-order valence-electron chi connectivity index (χ4n) is 3.22. The second-order valence-electron chi connectivity index (χ2n) is 6.67.